The molecule has 0 saturated heterocycles. The van der Waals surface area contributed by atoms with E-state index in [4.69, 9.17) is 5.11 Å². The van der Waals surface area contributed by atoms with Crippen LogP contribution in [0.4, 0.5) is 5.69 Å². The smallest absolute Gasteiger partial charge is 0.267 e. The average molecular weight is 262 g/mol. The second-order valence-corrected chi connectivity index (χ2v) is 4.90. The Hall–Kier alpha value is -1.72. The number of nitrogens with one attached hydrogen (secondary N) is 1. The zero-order valence-corrected chi connectivity index (χ0v) is 10.8. The Morgan fingerprint density at radius 2 is 2.33 bits per heavy atom. The lowest BCUT2D eigenvalue weighted by Gasteiger charge is -2.04. The lowest BCUT2D eigenvalue weighted by atomic mass is 10.2. The summed E-state index contributed by atoms with van der Waals surface area (Å²) in [6.07, 6.45) is 2.42. The summed E-state index contributed by atoms with van der Waals surface area (Å²) in [4.78, 5) is 16.7. The number of hydrogen-bond donors (Lipinski definition) is 2. The fourth-order valence-electron chi connectivity index (χ4n) is 1.52. The molecule has 0 fully saturated rings. The van der Waals surface area contributed by atoms with Gasteiger partial charge in [0.05, 0.1) is 17.8 Å². The van der Waals surface area contributed by atoms with Gasteiger partial charge >= 0.3 is 0 Å². The predicted octanol–water partition coefficient (Wildman–Crippen LogP) is 2.45. The molecule has 2 N–H and O–H groups in total. The molecule has 0 spiro atoms. The quantitative estimate of drug-likeness (QED) is 0.889. The highest BCUT2D eigenvalue weighted by Gasteiger charge is 2.10. The van der Waals surface area contributed by atoms with E-state index in [1.807, 2.05) is 6.92 Å². The van der Waals surface area contributed by atoms with Gasteiger partial charge in [-0.05, 0) is 24.1 Å². The van der Waals surface area contributed by atoms with Crippen LogP contribution in [0, 0.1) is 0 Å². The molecule has 1 heterocycles. The van der Waals surface area contributed by atoms with Crippen molar-refractivity contribution in [2.24, 2.45) is 0 Å². The van der Waals surface area contributed by atoms with Crippen molar-refractivity contribution in [3.63, 3.8) is 0 Å². The molecule has 2 aromatic rings. The van der Waals surface area contributed by atoms with Crippen LogP contribution in [0.5, 0.6) is 0 Å². The average Bonchev–Trinajstić information content (AvgIpc) is 2.88. The van der Waals surface area contributed by atoms with E-state index >= 15 is 0 Å². The summed E-state index contributed by atoms with van der Waals surface area (Å²) in [5, 5.41) is 12.8. The van der Waals surface area contributed by atoms with Crippen molar-refractivity contribution in [3.8, 4) is 0 Å². The summed E-state index contributed by atoms with van der Waals surface area (Å²) in [6, 6.07) is 7.14. The van der Waals surface area contributed by atoms with E-state index in [-0.39, 0.29) is 12.5 Å². The van der Waals surface area contributed by atoms with Gasteiger partial charge in [-0.3, -0.25) is 4.79 Å². The maximum absolute atomic E-state index is 11.9. The highest BCUT2D eigenvalue weighted by atomic mass is 32.1. The molecule has 0 aliphatic rings. The van der Waals surface area contributed by atoms with Crippen molar-refractivity contribution in [1.82, 2.24) is 4.98 Å². The Morgan fingerprint density at radius 1 is 1.50 bits per heavy atom. The molecule has 2 rings (SSSR count). The number of benzene rings is 1. The molecule has 18 heavy (non-hydrogen) atoms. The van der Waals surface area contributed by atoms with E-state index in [0.717, 1.165) is 17.0 Å². The number of aryl methyl sites for hydroxylation is 1. The number of thiazole rings is 1. The van der Waals surface area contributed by atoms with E-state index in [1.165, 1.54) is 11.3 Å². The molecular weight excluding hydrogens is 248 g/mol. The Bertz CT molecular complexity index is 551. The number of hydrogen-bond acceptors (Lipinski definition) is 4. The van der Waals surface area contributed by atoms with Crippen LogP contribution < -0.4 is 5.32 Å². The number of carbonyl (C=O) groups excluding carboxylic acids is 1. The SMILES string of the molecule is CCc1ncc(C(=O)Nc2cccc(CO)c2)s1. The number of nitrogens with zero attached hydrogens (tertiary/aromatic N) is 1. The van der Waals surface area contributed by atoms with Crippen molar-refractivity contribution in [3.05, 3.63) is 45.9 Å². The fourth-order valence-corrected chi connectivity index (χ4v) is 2.27. The summed E-state index contributed by atoms with van der Waals surface area (Å²) in [5.41, 5.74) is 1.45. The Balaban J connectivity index is 2.10. The van der Waals surface area contributed by atoms with Crippen LogP contribution in [0.2, 0.25) is 0 Å². The molecule has 5 heteroatoms. The van der Waals surface area contributed by atoms with Crippen molar-refractivity contribution < 1.29 is 9.90 Å². The number of aliphatic hydroxyl groups is 1. The molecule has 1 aromatic carbocycles. The number of aromatic nitrogens is 1. The fraction of sp³-hybridized carbons (Fsp3) is 0.231. The standard InChI is InChI=1S/C13H14N2O2S/c1-2-12-14-7-11(18-12)13(17)15-10-5-3-4-9(6-10)8-16/h3-7,16H,2,8H2,1H3,(H,15,17). The monoisotopic (exact) mass is 262 g/mol. The number of rotatable bonds is 4. The first-order valence-electron chi connectivity index (χ1n) is 5.68. The molecule has 1 amide bonds. The van der Waals surface area contributed by atoms with Crippen molar-refractivity contribution in [2.75, 3.05) is 5.32 Å². The normalized spacial score (nSPS) is 10.3. The first kappa shape index (κ1) is 12.7. The highest BCUT2D eigenvalue weighted by Crippen LogP contribution is 2.16. The second kappa shape index (κ2) is 5.75. The van der Waals surface area contributed by atoms with Gasteiger partial charge in [-0.1, -0.05) is 19.1 Å². The van der Waals surface area contributed by atoms with E-state index < -0.39 is 0 Å². The lowest BCUT2D eigenvalue weighted by molar-refractivity contribution is 0.103. The minimum atomic E-state index is -0.165. The molecule has 0 saturated carbocycles. The topological polar surface area (TPSA) is 62.2 Å². The van der Waals surface area contributed by atoms with E-state index in [1.54, 1.807) is 30.5 Å². The number of anilines is 1. The minimum Gasteiger partial charge on any atom is -0.392 e. The first-order valence-corrected chi connectivity index (χ1v) is 6.50. The van der Waals surface area contributed by atoms with Gasteiger partial charge in [0.25, 0.3) is 5.91 Å². The molecule has 94 valence electrons. The number of aliphatic hydroxyl groups excluding tert-OH is 1. The summed E-state index contributed by atoms with van der Waals surface area (Å²) >= 11 is 1.40. The molecule has 0 radical (unpaired) electrons. The Kier molecular flexibility index (Phi) is 4.07. The van der Waals surface area contributed by atoms with Crippen LogP contribution in [0.25, 0.3) is 0 Å². The summed E-state index contributed by atoms with van der Waals surface area (Å²) in [7, 11) is 0. The molecule has 0 unspecified atom stereocenters. The summed E-state index contributed by atoms with van der Waals surface area (Å²) < 4.78 is 0. The Morgan fingerprint density at radius 3 is 3.00 bits per heavy atom. The Labute approximate surface area is 109 Å². The highest BCUT2D eigenvalue weighted by molar-refractivity contribution is 7.13. The molecule has 0 atom stereocenters. The van der Waals surface area contributed by atoms with Gasteiger partial charge in [-0.15, -0.1) is 11.3 Å². The van der Waals surface area contributed by atoms with Crippen molar-refractivity contribution in [1.29, 1.82) is 0 Å². The summed E-state index contributed by atoms with van der Waals surface area (Å²) in [6.45, 7) is 1.97. The lowest BCUT2D eigenvalue weighted by Crippen LogP contribution is -2.10. The molecule has 0 aliphatic carbocycles. The molecule has 4 nitrogen and oxygen atoms in total. The third-order valence-corrected chi connectivity index (χ3v) is 3.59. The predicted molar refractivity (Wildman–Crippen MR) is 71.8 cm³/mol. The van der Waals surface area contributed by atoms with Gasteiger partial charge in [-0.2, -0.15) is 0 Å². The van der Waals surface area contributed by atoms with Crippen molar-refractivity contribution >= 4 is 22.9 Å². The maximum atomic E-state index is 11.9. The molecule has 0 bridgehead atoms. The van der Waals surface area contributed by atoms with Gasteiger partial charge in [0, 0.05) is 5.69 Å². The van der Waals surface area contributed by atoms with Gasteiger partial charge in [-0.25, -0.2) is 4.98 Å². The first-order chi connectivity index (χ1) is 8.72. The minimum absolute atomic E-state index is 0.0374. The van der Waals surface area contributed by atoms with Gasteiger partial charge < -0.3 is 10.4 Å². The third-order valence-electron chi connectivity index (χ3n) is 2.45. The maximum Gasteiger partial charge on any atom is 0.267 e. The summed E-state index contributed by atoms with van der Waals surface area (Å²) in [5.74, 6) is -0.165. The van der Waals surface area contributed by atoms with E-state index in [9.17, 15) is 4.79 Å². The van der Waals surface area contributed by atoms with Gasteiger partial charge in [0.2, 0.25) is 0 Å². The van der Waals surface area contributed by atoms with Gasteiger partial charge in [0.15, 0.2) is 0 Å². The van der Waals surface area contributed by atoms with Crippen LogP contribution in [0.3, 0.4) is 0 Å². The van der Waals surface area contributed by atoms with E-state index in [0.29, 0.717) is 10.6 Å². The van der Waals surface area contributed by atoms with Crippen molar-refractivity contribution in [2.45, 2.75) is 20.0 Å². The largest absolute Gasteiger partial charge is 0.392 e. The second-order valence-electron chi connectivity index (χ2n) is 3.78. The van der Waals surface area contributed by atoms with Crippen LogP contribution in [0.1, 0.15) is 27.2 Å². The number of carbonyl (C=O) groups is 1. The van der Waals surface area contributed by atoms with E-state index in [2.05, 4.69) is 10.3 Å². The van der Waals surface area contributed by atoms with Crippen LogP contribution in [0.15, 0.2) is 30.5 Å². The van der Waals surface area contributed by atoms with Crippen LogP contribution in [-0.4, -0.2) is 16.0 Å². The van der Waals surface area contributed by atoms with Gasteiger partial charge in [0.1, 0.15) is 4.88 Å². The molecule has 1 aromatic heterocycles. The third kappa shape index (κ3) is 2.94. The zero-order valence-electron chi connectivity index (χ0n) is 10.0. The molecular formula is C13H14N2O2S. The zero-order chi connectivity index (χ0) is 13.0. The van der Waals surface area contributed by atoms with Crippen LogP contribution in [-0.2, 0) is 13.0 Å². The molecule has 0 aliphatic heterocycles. The van der Waals surface area contributed by atoms with Crippen LogP contribution >= 0.6 is 11.3 Å². The number of amides is 1.